The molecular weight excluding hydrogens is 757 g/mol. The van der Waals surface area contributed by atoms with Crippen LogP contribution in [0.2, 0.25) is 0 Å². The van der Waals surface area contributed by atoms with Crippen LogP contribution in [0.1, 0.15) is 278 Å². The van der Waals surface area contributed by atoms with Gasteiger partial charge in [0.2, 0.25) is 0 Å². The van der Waals surface area contributed by atoms with Crippen LogP contribution in [0.25, 0.3) is 0 Å². The number of carbonyl (C=O) groups is 3. The highest BCUT2D eigenvalue weighted by molar-refractivity contribution is 5.71. The summed E-state index contributed by atoms with van der Waals surface area (Å²) in [6.45, 7) is 6.57. The molecule has 0 aromatic rings. The Labute approximate surface area is 378 Å². The van der Waals surface area contributed by atoms with Gasteiger partial charge in [0.25, 0.3) is 0 Å². The maximum absolute atomic E-state index is 12.8. The molecule has 0 aromatic carbocycles. The van der Waals surface area contributed by atoms with Gasteiger partial charge >= 0.3 is 17.9 Å². The van der Waals surface area contributed by atoms with Gasteiger partial charge in [0, 0.05) is 19.3 Å². The van der Waals surface area contributed by atoms with E-state index in [-0.39, 0.29) is 31.1 Å². The Morgan fingerprint density at radius 2 is 0.607 bits per heavy atom. The molecule has 356 valence electrons. The first kappa shape index (κ1) is 58.6. The summed E-state index contributed by atoms with van der Waals surface area (Å²) < 4.78 is 16.8. The van der Waals surface area contributed by atoms with E-state index in [0.29, 0.717) is 19.3 Å². The number of hydrogen-bond donors (Lipinski definition) is 0. The van der Waals surface area contributed by atoms with Crippen LogP contribution in [0.4, 0.5) is 0 Å². The number of esters is 3. The lowest BCUT2D eigenvalue weighted by Crippen LogP contribution is -2.30. The van der Waals surface area contributed by atoms with E-state index >= 15 is 0 Å². The number of rotatable bonds is 48. The molecule has 0 saturated carbocycles. The zero-order chi connectivity index (χ0) is 44.4. The van der Waals surface area contributed by atoms with Gasteiger partial charge in [-0.1, -0.05) is 231 Å². The van der Waals surface area contributed by atoms with E-state index in [4.69, 9.17) is 14.2 Å². The third-order valence-electron chi connectivity index (χ3n) is 11.6. The molecule has 0 rings (SSSR count). The number of hydrogen-bond acceptors (Lipinski definition) is 6. The van der Waals surface area contributed by atoms with Crippen molar-refractivity contribution in [2.75, 3.05) is 13.2 Å². The molecule has 0 aromatic heterocycles. The molecule has 0 fully saturated rings. The van der Waals surface area contributed by atoms with Gasteiger partial charge in [0.1, 0.15) is 13.2 Å². The van der Waals surface area contributed by atoms with Gasteiger partial charge in [0.05, 0.1) is 0 Å². The molecule has 0 aliphatic rings. The molecule has 0 N–H and O–H groups in total. The Morgan fingerprint density at radius 3 is 0.984 bits per heavy atom. The molecule has 0 saturated heterocycles. The normalized spacial score (nSPS) is 12.2. The van der Waals surface area contributed by atoms with Crippen LogP contribution < -0.4 is 0 Å². The van der Waals surface area contributed by atoms with Gasteiger partial charge in [-0.25, -0.2) is 0 Å². The zero-order valence-electron chi connectivity index (χ0n) is 40.7. The van der Waals surface area contributed by atoms with Crippen molar-refractivity contribution in [2.45, 2.75) is 284 Å². The van der Waals surface area contributed by atoms with Gasteiger partial charge < -0.3 is 14.2 Å². The third-order valence-corrected chi connectivity index (χ3v) is 11.6. The van der Waals surface area contributed by atoms with Gasteiger partial charge in [-0.05, 0) is 64.2 Å². The second kappa shape index (κ2) is 50.3. The number of carbonyl (C=O) groups excluding carboxylic acids is 3. The first-order valence-electron chi connectivity index (χ1n) is 26.5. The Morgan fingerprint density at radius 1 is 0.328 bits per heavy atom. The summed E-state index contributed by atoms with van der Waals surface area (Å²) in [5, 5.41) is 0. The van der Waals surface area contributed by atoms with Crippen LogP contribution in [0, 0.1) is 0 Å². The summed E-state index contributed by atoms with van der Waals surface area (Å²) in [6, 6.07) is 0. The maximum atomic E-state index is 12.8. The zero-order valence-corrected chi connectivity index (χ0v) is 40.7. The smallest absolute Gasteiger partial charge is 0.306 e. The summed E-state index contributed by atoms with van der Waals surface area (Å²) in [6.07, 6.45) is 58.5. The highest BCUT2D eigenvalue weighted by Crippen LogP contribution is 2.16. The van der Waals surface area contributed by atoms with E-state index in [2.05, 4.69) is 57.2 Å². The lowest BCUT2D eigenvalue weighted by molar-refractivity contribution is -0.167. The molecule has 0 aliphatic carbocycles. The molecule has 1 unspecified atom stereocenters. The van der Waals surface area contributed by atoms with Crippen molar-refractivity contribution in [1.82, 2.24) is 0 Å². The molecule has 1 atom stereocenters. The predicted molar refractivity (Wildman–Crippen MR) is 261 cm³/mol. The molecule has 0 aliphatic heterocycles. The van der Waals surface area contributed by atoms with Crippen LogP contribution >= 0.6 is 0 Å². The van der Waals surface area contributed by atoms with Crippen molar-refractivity contribution in [2.24, 2.45) is 0 Å². The minimum absolute atomic E-state index is 0.0837. The van der Waals surface area contributed by atoms with Crippen LogP contribution in [-0.4, -0.2) is 37.2 Å². The van der Waals surface area contributed by atoms with Crippen LogP contribution in [0.3, 0.4) is 0 Å². The minimum atomic E-state index is -0.786. The fourth-order valence-electron chi connectivity index (χ4n) is 7.59. The summed E-state index contributed by atoms with van der Waals surface area (Å²) in [7, 11) is 0. The Bertz CT molecular complexity index is 1030. The van der Waals surface area contributed by atoms with Gasteiger partial charge in [0.15, 0.2) is 6.10 Å². The van der Waals surface area contributed by atoms with Crippen molar-refractivity contribution in [3.05, 3.63) is 36.5 Å². The standard InChI is InChI=1S/C55H100O6/c1-4-7-10-13-16-19-22-24-26-27-28-29-31-33-36-39-42-45-48-54(57)60-51-52(50-59-53(56)47-44-41-38-35-32-21-18-15-12-9-6-3)61-55(58)49-46-43-40-37-34-30-25-23-20-17-14-11-8-5-2/h15,18,21,30,32,34,52H,4-14,16-17,19-20,22-29,31,33,35-51H2,1-3H3/b18-15-,32-21-,34-30-. The third kappa shape index (κ3) is 48.5. The largest absolute Gasteiger partial charge is 0.462 e. The second-order valence-corrected chi connectivity index (χ2v) is 17.8. The van der Waals surface area contributed by atoms with Crippen molar-refractivity contribution < 1.29 is 28.6 Å². The monoisotopic (exact) mass is 857 g/mol. The van der Waals surface area contributed by atoms with Gasteiger partial charge in [-0.15, -0.1) is 0 Å². The lowest BCUT2D eigenvalue weighted by Gasteiger charge is -2.18. The van der Waals surface area contributed by atoms with Gasteiger partial charge in [-0.3, -0.25) is 14.4 Å². The molecule has 0 radical (unpaired) electrons. The Balaban J connectivity index is 4.34. The Hall–Kier alpha value is -2.37. The number of unbranched alkanes of at least 4 members (excludes halogenated alkanes) is 32. The quantitative estimate of drug-likeness (QED) is 0.0199. The van der Waals surface area contributed by atoms with Gasteiger partial charge in [-0.2, -0.15) is 0 Å². The molecule has 6 nitrogen and oxygen atoms in total. The molecule has 0 bridgehead atoms. The van der Waals surface area contributed by atoms with E-state index < -0.39 is 6.10 Å². The van der Waals surface area contributed by atoms with Crippen LogP contribution in [0.15, 0.2) is 36.5 Å². The van der Waals surface area contributed by atoms with Crippen molar-refractivity contribution in [3.8, 4) is 0 Å². The molecular formula is C55H100O6. The highest BCUT2D eigenvalue weighted by atomic mass is 16.6. The number of allylic oxidation sites excluding steroid dienone is 6. The average molecular weight is 857 g/mol. The van der Waals surface area contributed by atoms with E-state index in [0.717, 1.165) is 83.5 Å². The van der Waals surface area contributed by atoms with Crippen LogP contribution in [0.5, 0.6) is 0 Å². The lowest BCUT2D eigenvalue weighted by atomic mass is 10.0. The SMILES string of the molecule is CCCC/C=C\C=C/CCCCCC(=O)OCC(COC(=O)CCCCCCCCCCCCCCCCCCCC)OC(=O)CCCCC/C=C\CCCCCCCCC. The van der Waals surface area contributed by atoms with E-state index in [1.54, 1.807) is 0 Å². The molecule has 61 heavy (non-hydrogen) atoms. The topological polar surface area (TPSA) is 78.9 Å². The summed E-state index contributed by atoms with van der Waals surface area (Å²) >= 11 is 0. The van der Waals surface area contributed by atoms with E-state index in [1.165, 1.54) is 154 Å². The maximum Gasteiger partial charge on any atom is 0.306 e. The van der Waals surface area contributed by atoms with Crippen molar-refractivity contribution in [3.63, 3.8) is 0 Å². The molecule has 0 spiro atoms. The summed E-state index contributed by atoms with van der Waals surface area (Å²) in [4.78, 5) is 37.9. The average Bonchev–Trinajstić information content (AvgIpc) is 3.26. The predicted octanol–water partition coefficient (Wildman–Crippen LogP) is 17.3. The first-order valence-corrected chi connectivity index (χ1v) is 26.5. The summed E-state index contributed by atoms with van der Waals surface area (Å²) in [5.41, 5.74) is 0. The van der Waals surface area contributed by atoms with E-state index in [9.17, 15) is 14.4 Å². The Kier molecular flexibility index (Phi) is 48.3. The van der Waals surface area contributed by atoms with E-state index in [1.807, 2.05) is 0 Å². The van der Waals surface area contributed by atoms with Crippen molar-refractivity contribution >= 4 is 17.9 Å². The molecule has 0 heterocycles. The molecule has 6 heteroatoms. The van der Waals surface area contributed by atoms with Crippen molar-refractivity contribution in [1.29, 1.82) is 0 Å². The first-order chi connectivity index (χ1) is 30.0. The highest BCUT2D eigenvalue weighted by Gasteiger charge is 2.19. The second-order valence-electron chi connectivity index (χ2n) is 17.8. The number of ether oxygens (including phenoxy) is 3. The fourth-order valence-corrected chi connectivity index (χ4v) is 7.59. The van der Waals surface area contributed by atoms with Crippen LogP contribution in [-0.2, 0) is 28.6 Å². The summed E-state index contributed by atoms with van der Waals surface area (Å²) in [5.74, 6) is -0.918. The fraction of sp³-hybridized carbons (Fsp3) is 0.836. The minimum Gasteiger partial charge on any atom is -0.462 e. The molecule has 0 amide bonds.